The number of para-hydroxylation sites is 1. The Labute approximate surface area is 199 Å². The maximum atomic E-state index is 14.0. The summed E-state index contributed by atoms with van der Waals surface area (Å²) in [4.78, 5) is 13.6. The van der Waals surface area contributed by atoms with Gasteiger partial charge in [-0.25, -0.2) is 8.42 Å². The Balaban J connectivity index is 1.97. The van der Waals surface area contributed by atoms with Crippen molar-refractivity contribution in [1.82, 2.24) is 4.31 Å². The van der Waals surface area contributed by atoms with Gasteiger partial charge in [0.1, 0.15) is 0 Å². The fourth-order valence-electron chi connectivity index (χ4n) is 5.13. The van der Waals surface area contributed by atoms with Crippen molar-refractivity contribution in [2.75, 3.05) is 11.9 Å². The fourth-order valence-corrected chi connectivity index (χ4v) is 7.19. The maximum absolute atomic E-state index is 14.0. The standard InChI is InChI=1S/C27H38N2O3S/c1-18(2)24-14-10-11-20(4)26(24)28-25(30)17-29(23-12-8-7-9-13-23)33(31,32)27-21(5)15-19(3)16-22(27)6/h10-11,14-16,18,23H,7-9,12-13,17H2,1-6H3,(H,28,30). The van der Waals surface area contributed by atoms with Crippen LogP contribution < -0.4 is 5.32 Å². The summed E-state index contributed by atoms with van der Waals surface area (Å²) in [6.07, 6.45) is 4.66. The van der Waals surface area contributed by atoms with Crippen LogP contribution in [-0.4, -0.2) is 31.2 Å². The molecule has 0 spiro atoms. The van der Waals surface area contributed by atoms with Crippen molar-refractivity contribution in [3.63, 3.8) is 0 Å². The molecule has 5 nitrogen and oxygen atoms in total. The van der Waals surface area contributed by atoms with E-state index in [0.717, 1.165) is 65.6 Å². The van der Waals surface area contributed by atoms with Gasteiger partial charge in [0.25, 0.3) is 0 Å². The maximum Gasteiger partial charge on any atom is 0.244 e. The number of nitrogens with zero attached hydrogens (tertiary/aromatic N) is 1. The number of hydrogen-bond donors (Lipinski definition) is 1. The van der Waals surface area contributed by atoms with Crippen molar-refractivity contribution in [2.24, 2.45) is 0 Å². The molecule has 0 heterocycles. The second-order valence-electron chi connectivity index (χ2n) is 9.81. The van der Waals surface area contributed by atoms with Crippen LogP contribution in [0.15, 0.2) is 35.2 Å². The van der Waals surface area contributed by atoms with E-state index in [1.54, 1.807) is 0 Å². The lowest BCUT2D eigenvalue weighted by Gasteiger charge is -2.34. The Hall–Kier alpha value is -2.18. The van der Waals surface area contributed by atoms with Crippen LogP contribution in [0, 0.1) is 27.7 Å². The quantitative estimate of drug-likeness (QED) is 0.539. The predicted molar refractivity (Wildman–Crippen MR) is 135 cm³/mol. The summed E-state index contributed by atoms with van der Waals surface area (Å²) < 4.78 is 29.4. The largest absolute Gasteiger partial charge is 0.324 e. The van der Waals surface area contributed by atoms with E-state index < -0.39 is 10.0 Å². The van der Waals surface area contributed by atoms with E-state index in [-0.39, 0.29) is 24.4 Å². The lowest BCUT2D eigenvalue weighted by atomic mass is 9.95. The summed E-state index contributed by atoms with van der Waals surface area (Å²) in [5.41, 5.74) is 5.32. The van der Waals surface area contributed by atoms with Gasteiger partial charge < -0.3 is 5.32 Å². The Bertz CT molecular complexity index is 1090. The number of carbonyl (C=O) groups excluding carboxylic acids is 1. The van der Waals surface area contributed by atoms with E-state index in [4.69, 9.17) is 0 Å². The van der Waals surface area contributed by atoms with E-state index >= 15 is 0 Å². The third-order valence-electron chi connectivity index (χ3n) is 6.64. The van der Waals surface area contributed by atoms with Gasteiger partial charge in [-0.2, -0.15) is 4.31 Å². The normalized spacial score (nSPS) is 15.3. The highest BCUT2D eigenvalue weighted by molar-refractivity contribution is 7.89. The molecule has 1 N–H and O–H groups in total. The van der Waals surface area contributed by atoms with Gasteiger partial charge in [0.05, 0.1) is 11.4 Å². The van der Waals surface area contributed by atoms with Crippen LogP contribution in [0.25, 0.3) is 0 Å². The van der Waals surface area contributed by atoms with Crippen molar-refractivity contribution in [2.45, 2.75) is 90.5 Å². The van der Waals surface area contributed by atoms with Crippen molar-refractivity contribution in [3.8, 4) is 0 Å². The minimum absolute atomic E-state index is 0.156. The number of benzene rings is 2. The minimum atomic E-state index is -3.83. The van der Waals surface area contributed by atoms with Gasteiger partial charge in [0.2, 0.25) is 15.9 Å². The number of anilines is 1. The van der Waals surface area contributed by atoms with Crippen LogP contribution >= 0.6 is 0 Å². The van der Waals surface area contributed by atoms with E-state index in [0.29, 0.717) is 4.90 Å². The van der Waals surface area contributed by atoms with Gasteiger partial charge in [0, 0.05) is 11.7 Å². The molecule has 0 bridgehead atoms. The number of aryl methyl sites for hydroxylation is 4. The smallest absolute Gasteiger partial charge is 0.244 e. The molecule has 1 saturated carbocycles. The summed E-state index contributed by atoms with van der Waals surface area (Å²) in [5.74, 6) is -0.0426. The van der Waals surface area contributed by atoms with Crippen LogP contribution in [-0.2, 0) is 14.8 Å². The molecule has 2 aromatic carbocycles. The van der Waals surface area contributed by atoms with Crippen LogP contribution in [0.1, 0.15) is 79.7 Å². The topological polar surface area (TPSA) is 66.5 Å². The lowest BCUT2D eigenvalue weighted by molar-refractivity contribution is -0.116. The second-order valence-corrected chi connectivity index (χ2v) is 11.6. The van der Waals surface area contributed by atoms with Crippen molar-refractivity contribution >= 4 is 21.6 Å². The van der Waals surface area contributed by atoms with Crippen molar-refractivity contribution in [3.05, 3.63) is 58.1 Å². The number of hydrogen-bond acceptors (Lipinski definition) is 3. The van der Waals surface area contributed by atoms with Crippen molar-refractivity contribution in [1.29, 1.82) is 0 Å². The van der Waals surface area contributed by atoms with Gasteiger partial charge in [-0.3, -0.25) is 4.79 Å². The monoisotopic (exact) mass is 470 g/mol. The van der Waals surface area contributed by atoms with Crippen LogP contribution in [0.2, 0.25) is 0 Å². The SMILES string of the molecule is Cc1cc(C)c(S(=O)(=O)N(CC(=O)Nc2c(C)cccc2C(C)C)C2CCCCC2)c(C)c1. The molecule has 0 unspecified atom stereocenters. The molecular weight excluding hydrogens is 432 g/mol. The molecule has 1 aliphatic rings. The first kappa shape index (κ1) is 25.4. The first-order valence-corrected chi connectivity index (χ1v) is 13.5. The molecule has 1 amide bonds. The van der Waals surface area contributed by atoms with Crippen molar-refractivity contribution < 1.29 is 13.2 Å². The van der Waals surface area contributed by atoms with E-state index in [1.165, 1.54) is 4.31 Å². The number of nitrogens with one attached hydrogen (secondary N) is 1. The highest BCUT2D eigenvalue weighted by atomic mass is 32.2. The van der Waals surface area contributed by atoms with Gasteiger partial charge >= 0.3 is 0 Å². The first-order valence-electron chi connectivity index (χ1n) is 12.0. The fraction of sp³-hybridized carbons (Fsp3) is 0.519. The molecule has 1 aliphatic carbocycles. The highest BCUT2D eigenvalue weighted by Gasteiger charge is 2.36. The highest BCUT2D eigenvalue weighted by Crippen LogP contribution is 2.32. The first-order chi connectivity index (χ1) is 15.5. The average molecular weight is 471 g/mol. The van der Waals surface area contributed by atoms with Gasteiger partial charge in [-0.1, -0.05) is 69.0 Å². The Kier molecular flexibility index (Phi) is 8.01. The molecule has 0 aliphatic heterocycles. The molecule has 3 rings (SSSR count). The molecule has 1 fully saturated rings. The van der Waals surface area contributed by atoms with Crippen LogP contribution in [0.4, 0.5) is 5.69 Å². The zero-order valence-electron chi connectivity index (χ0n) is 20.9. The predicted octanol–water partition coefficient (Wildman–Crippen LogP) is 6.01. The summed E-state index contributed by atoms with van der Waals surface area (Å²) in [7, 11) is -3.83. The van der Waals surface area contributed by atoms with Crippen LogP contribution in [0.3, 0.4) is 0 Å². The zero-order chi connectivity index (χ0) is 24.3. The third-order valence-corrected chi connectivity index (χ3v) is 8.85. The van der Waals surface area contributed by atoms with Gasteiger partial charge in [-0.05, 0) is 68.7 Å². The number of sulfonamides is 1. The lowest BCUT2D eigenvalue weighted by Crippen LogP contribution is -2.46. The molecule has 180 valence electrons. The molecule has 0 aromatic heterocycles. The number of rotatable bonds is 7. The summed E-state index contributed by atoms with van der Waals surface area (Å²) in [6.45, 7) is 11.6. The Morgan fingerprint density at radius 2 is 1.61 bits per heavy atom. The Morgan fingerprint density at radius 3 is 2.18 bits per heavy atom. The summed E-state index contributed by atoms with van der Waals surface area (Å²) in [6, 6.07) is 9.62. The molecular formula is C27H38N2O3S. The minimum Gasteiger partial charge on any atom is -0.324 e. The Morgan fingerprint density at radius 1 is 1.00 bits per heavy atom. The molecule has 2 aromatic rings. The van der Waals surface area contributed by atoms with E-state index in [9.17, 15) is 13.2 Å². The molecule has 0 atom stereocenters. The molecule has 33 heavy (non-hydrogen) atoms. The summed E-state index contributed by atoms with van der Waals surface area (Å²) in [5, 5.41) is 3.05. The van der Waals surface area contributed by atoms with Gasteiger partial charge in [0.15, 0.2) is 0 Å². The zero-order valence-corrected chi connectivity index (χ0v) is 21.7. The second kappa shape index (κ2) is 10.4. The molecule has 6 heteroatoms. The van der Waals surface area contributed by atoms with Gasteiger partial charge in [-0.15, -0.1) is 0 Å². The van der Waals surface area contributed by atoms with E-state index in [1.807, 2.05) is 58.0 Å². The summed E-state index contributed by atoms with van der Waals surface area (Å²) >= 11 is 0. The average Bonchev–Trinajstić information content (AvgIpc) is 2.72. The number of carbonyl (C=O) groups is 1. The number of amides is 1. The van der Waals surface area contributed by atoms with Crippen LogP contribution in [0.5, 0.6) is 0 Å². The van der Waals surface area contributed by atoms with E-state index in [2.05, 4.69) is 19.2 Å². The molecule has 0 saturated heterocycles. The molecule has 0 radical (unpaired) electrons. The third kappa shape index (κ3) is 5.67.